The Morgan fingerprint density at radius 3 is 2.54 bits per heavy atom. The molecule has 2 N–H and O–H groups in total. The molecule has 1 heterocycles. The van der Waals surface area contributed by atoms with Gasteiger partial charge in [0.2, 0.25) is 5.91 Å². The summed E-state index contributed by atoms with van der Waals surface area (Å²) in [6, 6.07) is 14.4. The minimum absolute atomic E-state index is 0. The molecule has 8 heteroatoms. The second kappa shape index (κ2) is 14.1. The van der Waals surface area contributed by atoms with Gasteiger partial charge in [0, 0.05) is 50.9 Å². The Labute approximate surface area is 239 Å². The standard InChI is InChI=1S/C31H43N3O4.ClH/c1-5-29(31(36)37)24-7-6-8-28(18-24)38-27-13-10-23(11-14-27)30(35)33(4)26-12-9-25(21(2)17-26)20-34-16-15-32-22(3)19-34;/h6-9,12,17-18,22-23,27,29,32H,5,10-11,13-16,19-20H2,1-4H3,(H,36,37);1H/t22-,23?,27?,29?;/m0./s1. The zero-order valence-corrected chi connectivity index (χ0v) is 24.5. The Bertz CT molecular complexity index is 1120. The van der Waals surface area contributed by atoms with E-state index < -0.39 is 11.9 Å². The summed E-state index contributed by atoms with van der Waals surface area (Å²) >= 11 is 0. The number of carboxylic acid groups (broad SMARTS) is 1. The van der Waals surface area contributed by atoms with E-state index in [4.69, 9.17) is 4.74 Å². The third kappa shape index (κ3) is 7.96. The number of hydrogen-bond donors (Lipinski definition) is 2. The molecule has 214 valence electrons. The van der Waals surface area contributed by atoms with Gasteiger partial charge in [-0.25, -0.2) is 0 Å². The summed E-state index contributed by atoms with van der Waals surface area (Å²) in [5, 5.41) is 13.0. The highest BCUT2D eigenvalue weighted by Crippen LogP contribution is 2.32. The lowest BCUT2D eigenvalue weighted by molar-refractivity contribution is -0.138. The number of ether oxygens (including phenoxy) is 1. The van der Waals surface area contributed by atoms with Crippen LogP contribution in [0.2, 0.25) is 0 Å². The molecule has 1 unspecified atom stereocenters. The Morgan fingerprint density at radius 1 is 1.15 bits per heavy atom. The van der Waals surface area contributed by atoms with Gasteiger partial charge in [-0.3, -0.25) is 14.5 Å². The largest absolute Gasteiger partial charge is 0.490 e. The summed E-state index contributed by atoms with van der Waals surface area (Å²) in [6.07, 6.45) is 3.78. The molecule has 2 aliphatic rings. The smallest absolute Gasteiger partial charge is 0.310 e. The van der Waals surface area contributed by atoms with Crippen molar-refractivity contribution in [3.05, 3.63) is 59.2 Å². The van der Waals surface area contributed by atoms with Crippen molar-refractivity contribution in [3.63, 3.8) is 0 Å². The van der Waals surface area contributed by atoms with Crippen LogP contribution in [0.25, 0.3) is 0 Å². The summed E-state index contributed by atoms with van der Waals surface area (Å²) in [5.74, 6) is -0.469. The van der Waals surface area contributed by atoms with Gasteiger partial charge in [0.25, 0.3) is 0 Å². The van der Waals surface area contributed by atoms with Crippen LogP contribution in [0, 0.1) is 12.8 Å². The normalized spacial score (nSPS) is 22.4. The summed E-state index contributed by atoms with van der Waals surface area (Å²) in [5.41, 5.74) is 4.26. The third-order valence-electron chi connectivity index (χ3n) is 8.18. The second-order valence-electron chi connectivity index (χ2n) is 11.1. The summed E-state index contributed by atoms with van der Waals surface area (Å²) < 4.78 is 6.22. The van der Waals surface area contributed by atoms with Crippen LogP contribution in [0.5, 0.6) is 5.75 Å². The van der Waals surface area contributed by atoms with E-state index in [2.05, 4.69) is 42.3 Å². The van der Waals surface area contributed by atoms with E-state index in [1.807, 2.05) is 43.1 Å². The lowest BCUT2D eigenvalue weighted by atomic mass is 9.86. The van der Waals surface area contributed by atoms with Crippen LogP contribution in [-0.2, 0) is 16.1 Å². The molecule has 2 aromatic rings. The number of hydrogen-bond acceptors (Lipinski definition) is 5. The van der Waals surface area contributed by atoms with Crippen molar-refractivity contribution in [1.82, 2.24) is 10.2 Å². The fraction of sp³-hybridized carbons (Fsp3) is 0.548. The quantitative estimate of drug-likeness (QED) is 0.430. The van der Waals surface area contributed by atoms with Crippen molar-refractivity contribution < 1.29 is 19.4 Å². The molecule has 0 aromatic heterocycles. The fourth-order valence-corrected chi connectivity index (χ4v) is 5.84. The van der Waals surface area contributed by atoms with Gasteiger partial charge in [-0.2, -0.15) is 0 Å². The maximum absolute atomic E-state index is 13.3. The van der Waals surface area contributed by atoms with E-state index >= 15 is 0 Å². The minimum Gasteiger partial charge on any atom is -0.490 e. The maximum atomic E-state index is 13.3. The number of benzene rings is 2. The van der Waals surface area contributed by atoms with Gasteiger partial charge in [0.1, 0.15) is 5.75 Å². The minimum atomic E-state index is -0.813. The first-order valence-electron chi connectivity index (χ1n) is 14.1. The first-order chi connectivity index (χ1) is 18.2. The molecule has 0 radical (unpaired) electrons. The van der Waals surface area contributed by atoms with E-state index in [9.17, 15) is 14.7 Å². The molecule has 7 nitrogen and oxygen atoms in total. The van der Waals surface area contributed by atoms with Crippen molar-refractivity contribution in [2.45, 2.75) is 77.5 Å². The van der Waals surface area contributed by atoms with Crippen molar-refractivity contribution in [2.24, 2.45) is 5.92 Å². The van der Waals surface area contributed by atoms with E-state index in [0.717, 1.165) is 63.1 Å². The van der Waals surface area contributed by atoms with E-state index in [1.54, 1.807) is 0 Å². The Balaban J connectivity index is 0.00000420. The average molecular weight is 558 g/mol. The average Bonchev–Trinajstić information content (AvgIpc) is 2.90. The SMILES string of the molecule is CCC(C(=O)O)c1cccc(OC2CCC(C(=O)N(C)c3ccc(CN4CCN[C@@H](C)C4)c(C)c3)CC2)c1.Cl. The van der Waals surface area contributed by atoms with Gasteiger partial charge in [-0.1, -0.05) is 25.1 Å². The number of anilines is 1. The van der Waals surface area contributed by atoms with Gasteiger partial charge in [0.05, 0.1) is 12.0 Å². The number of nitrogens with one attached hydrogen (secondary N) is 1. The molecule has 1 saturated carbocycles. The zero-order valence-electron chi connectivity index (χ0n) is 23.7. The van der Waals surface area contributed by atoms with Gasteiger partial charge >= 0.3 is 5.97 Å². The molecule has 0 bridgehead atoms. The molecule has 2 atom stereocenters. The highest BCUT2D eigenvalue weighted by atomic mass is 35.5. The topological polar surface area (TPSA) is 82.1 Å². The van der Waals surface area contributed by atoms with E-state index in [-0.39, 0.29) is 30.3 Å². The van der Waals surface area contributed by atoms with Crippen molar-refractivity contribution in [3.8, 4) is 5.75 Å². The maximum Gasteiger partial charge on any atom is 0.310 e. The zero-order chi connectivity index (χ0) is 27.2. The summed E-state index contributed by atoms with van der Waals surface area (Å²) in [4.78, 5) is 29.2. The number of aryl methyl sites for hydroxylation is 1. The second-order valence-corrected chi connectivity index (χ2v) is 11.1. The molecular weight excluding hydrogens is 514 g/mol. The molecular formula is C31H44ClN3O4. The monoisotopic (exact) mass is 557 g/mol. The number of amides is 1. The van der Waals surface area contributed by atoms with Crippen LogP contribution in [0.3, 0.4) is 0 Å². The van der Waals surface area contributed by atoms with Crippen LogP contribution < -0.4 is 15.0 Å². The molecule has 39 heavy (non-hydrogen) atoms. The Morgan fingerprint density at radius 2 is 1.90 bits per heavy atom. The molecule has 1 aliphatic carbocycles. The molecule has 0 spiro atoms. The number of nitrogens with zero attached hydrogens (tertiary/aromatic N) is 2. The summed E-state index contributed by atoms with van der Waals surface area (Å²) in [7, 11) is 1.88. The number of carbonyl (C=O) groups excluding carboxylic acids is 1. The van der Waals surface area contributed by atoms with Gasteiger partial charge in [0.15, 0.2) is 0 Å². The predicted molar refractivity (Wildman–Crippen MR) is 158 cm³/mol. The first-order valence-corrected chi connectivity index (χ1v) is 14.1. The van der Waals surface area contributed by atoms with E-state index in [0.29, 0.717) is 18.2 Å². The predicted octanol–water partition coefficient (Wildman–Crippen LogP) is 5.39. The van der Waals surface area contributed by atoms with Crippen molar-refractivity contribution in [1.29, 1.82) is 0 Å². The Hall–Kier alpha value is -2.61. The van der Waals surface area contributed by atoms with Crippen LogP contribution in [0.4, 0.5) is 5.69 Å². The number of carboxylic acids is 1. The molecule has 4 rings (SSSR count). The van der Waals surface area contributed by atoms with Gasteiger partial charge < -0.3 is 20.1 Å². The molecule has 2 aromatic carbocycles. The molecule has 1 amide bonds. The molecule has 2 fully saturated rings. The van der Waals surface area contributed by atoms with Crippen LogP contribution in [0.15, 0.2) is 42.5 Å². The fourth-order valence-electron chi connectivity index (χ4n) is 5.84. The van der Waals surface area contributed by atoms with Gasteiger partial charge in [-0.15, -0.1) is 12.4 Å². The number of halogens is 1. The summed E-state index contributed by atoms with van der Waals surface area (Å²) in [6.45, 7) is 10.3. The van der Waals surface area contributed by atoms with Crippen molar-refractivity contribution >= 4 is 30.0 Å². The van der Waals surface area contributed by atoms with Crippen LogP contribution in [-0.4, -0.2) is 60.7 Å². The molecule has 1 aliphatic heterocycles. The third-order valence-corrected chi connectivity index (χ3v) is 8.18. The van der Waals surface area contributed by atoms with Crippen LogP contribution in [0.1, 0.15) is 68.6 Å². The Kier molecular flexibility index (Phi) is 11.2. The van der Waals surface area contributed by atoms with E-state index in [1.165, 1.54) is 11.1 Å². The highest BCUT2D eigenvalue weighted by molar-refractivity contribution is 5.94. The lowest BCUT2D eigenvalue weighted by Crippen LogP contribution is -2.48. The van der Waals surface area contributed by atoms with Crippen LogP contribution >= 0.6 is 12.4 Å². The van der Waals surface area contributed by atoms with Gasteiger partial charge in [-0.05, 0) is 86.9 Å². The highest BCUT2D eigenvalue weighted by Gasteiger charge is 2.30. The first kappa shape index (κ1) is 30.9. The number of aliphatic carboxylic acids is 1. The van der Waals surface area contributed by atoms with Crippen molar-refractivity contribution in [2.75, 3.05) is 31.6 Å². The lowest BCUT2D eigenvalue weighted by Gasteiger charge is -2.32. The molecule has 1 saturated heterocycles. The number of carbonyl (C=O) groups is 2. The number of piperazine rings is 1. The number of rotatable bonds is 9.